The third-order valence-electron chi connectivity index (χ3n) is 3.85. The van der Waals surface area contributed by atoms with Crippen LogP contribution in [0.4, 0.5) is 0 Å². The molecule has 2 heteroatoms. The molecule has 1 fully saturated rings. The Morgan fingerprint density at radius 2 is 1.26 bits per heavy atom. The molecule has 0 amide bonds. The standard InChI is InChI=1S/C17H34OS/c1-2-3-4-5-6-7-8-9-10-11-12-13-14-19-16-17-15-18-17/h17H,2-16H2,1H3. The molecule has 1 atom stereocenters. The summed E-state index contributed by atoms with van der Waals surface area (Å²) in [7, 11) is 0. The van der Waals surface area contributed by atoms with Gasteiger partial charge in [-0.05, 0) is 12.2 Å². The predicted octanol–water partition coefficient (Wildman–Crippen LogP) is 5.82. The van der Waals surface area contributed by atoms with Crippen molar-refractivity contribution in [2.45, 2.75) is 90.1 Å². The highest BCUT2D eigenvalue weighted by molar-refractivity contribution is 7.99. The minimum atomic E-state index is 0.613. The smallest absolute Gasteiger partial charge is 0.0900 e. The molecule has 1 unspecified atom stereocenters. The van der Waals surface area contributed by atoms with Crippen molar-refractivity contribution in [3.05, 3.63) is 0 Å². The van der Waals surface area contributed by atoms with Gasteiger partial charge in [0, 0.05) is 5.75 Å². The molecule has 0 radical (unpaired) electrons. The summed E-state index contributed by atoms with van der Waals surface area (Å²) in [6.45, 7) is 3.31. The average Bonchev–Trinajstić information content (AvgIpc) is 3.23. The monoisotopic (exact) mass is 286 g/mol. The molecule has 0 bridgehead atoms. The molecule has 1 aliphatic heterocycles. The van der Waals surface area contributed by atoms with E-state index in [1.54, 1.807) is 0 Å². The van der Waals surface area contributed by atoms with Gasteiger partial charge < -0.3 is 4.74 Å². The van der Waals surface area contributed by atoms with E-state index in [4.69, 9.17) is 4.74 Å². The van der Waals surface area contributed by atoms with Crippen molar-refractivity contribution in [3.63, 3.8) is 0 Å². The van der Waals surface area contributed by atoms with Gasteiger partial charge in [0.15, 0.2) is 0 Å². The lowest BCUT2D eigenvalue weighted by molar-refractivity contribution is 0.426. The molecule has 1 heterocycles. The van der Waals surface area contributed by atoms with Crippen LogP contribution in [0.3, 0.4) is 0 Å². The molecule has 0 aromatic heterocycles. The maximum atomic E-state index is 5.20. The number of ether oxygens (including phenoxy) is 1. The van der Waals surface area contributed by atoms with E-state index in [9.17, 15) is 0 Å². The van der Waals surface area contributed by atoms with Gasteiger partial charge in [0.25, 0.3) is 0 Å². The third-order valence-corrected chi connectivity index (χ3v) is 5.03. The van der Waals surface area contributed by atoms with Crippen molar-refractivity contribution < 1.29 is 4.74 Å². The van der Waals surface area contributed by atoms with Crippen molar-refractivity contribution >= 4 is 11.8 Å². The summed E-state index contributed by atoms with van der Waals surface area (Å²) in [4.78, 5) is 0. The summed E-state index contributed by atoms with van der Waals surface area (Å²) >= 11 is 2.08. The predicted molar refractivity (Wildman–Crippen MR) is 88.1 cm³/mol. The Bertz CT molecular complexity index is 180. The lowest BCUT2D eigenvalue weighted by Crippen LogP contribution is -1.91. The number of rotatable bonds is 15. The average molecular weight is 287 g/mol. The molecule has 19 heavy (non-hydrogen) atoms. The maximum Gasteiger partial charge on any atom is 0.0900 e. The molecule has 0 aliphatic carbocycles. The number of epoxide rings is 1. The van der Waals surface area contributed by atoms with Crippen LogP contribution in [0.25, 0.3) is 0 Å². The Labute approximate surface area is 125 Å². The fraction of sp³-hybridized carbons (Fsp3) is 1.00. The second-order valence-electron chi connectivity index (χ2n) is 5.92. The van der Waals surface area contributed by atoms with E-state index in [0.717, 1.165) is 6.61 Å². The first-order valence-electron chi connectivity index (χ1n) is 8.63. The first-order valence-corrected chi connectivity index (χ1v) is 9.78. The van der Waals surface area contributed by atoms with Crippen molar-refractivity contribution in [1.29, 1.82) is 0 Å². The number of hydrogen-bond acceptors (Lipinski definition) is 2. The summed E-state index contributed by atoms with van der Waals surface area (Å²) < 4.78 is 5.20. The number of unbranched alkanes of at least 4 members (excludes halogenated alkanes) is 11. The molecular weight excluding hydrogens is 252 g/mol. The molecule has 0 saturated carbocycles. The van der Waals surface area contributed by atoms with Gasteiger partial charge in [-0.1, -0.05) is 77.6 Å². The Balaban J connectivity index is 1.60. The van der Waals surface area contributed by atoms with Crippen LogP contribution in [0.5, 0.6) is 0 Å². The molecule has 0 aromatic rings. The van der Waals surface area contributed by atoms with Crippen molar-refractivity contribution in [3.8, 4) is 0 Å². The Morgan fingerprint density at radius 3 is 1.74 bits per heavy atom. The van der Waals surface area contributed by atoms with Crippen molar-refractivity contribution in [2.75, 3.05) is 18.1 Å². The highest BCUT2D eigenvalue weighted by Crippen LogP contribution is 2.18. The van der Waals surface area contributed by atoms with Crippen LogP contribution >= 0.6 is 11.8 Å². The van der Waals surface area contributed by atoms with E-state index in [2.05, 4.69) is 18.7 Å². The fourth-order valence-electron chi connectivity index (χ4n) is 2.42. The van der Waals surface area contributed by atoms with E-state index < -0.39 is 0 Å². The molecule has 0 aromatic carbocycles. The molecule has 1 saturated heterocycles. The van der Waals surface area contributed by atoms with Gasteiger partial charge in [-0.25, -0.2) is 0 Å². The Morgan fingerprint density at radius 1 is 0.789 bits per heavy atom. The van der Waals surface area contributed by atoms with Gasteiger partial charge in [0.05, 0.1) is 12.7 Å². The highest BCUT2D eigenvalue weighted by Gasteiger charge is 2.21. The molecule has 1 nitrogen and oxygen atoms in total. The normalized spacial score (nSPS) is 17.8. The zero-order valence-electron chi connectivity index (χ0n) is 13.0. The molecular formula is C17H34OS. The summed E-state index contributed by atoms with van der Waals surface area (Å²) in [6, 6.07) is 0. The molecule has 1 aliphatic rings. The van der Waals surface area contributed by atoms with Gasteiger partial charge in [0.1, 0.15) is 0 Å². The first-order chi connectivity index (χ1) is 9.43. The summed E-state index contributed by atoms with van der Waals surface area (Å²) in [5.74, 6) is 2.58. The topological polar surface area (TPSA) is 12.5 Å². The quantitative estimate of drug-likeness (QED) is 0.278. The maximum absolute atomic E-state index is 5.20. The van der Waals surface area contributed by atoms with Crippen LogP contribution in [-0.4, -0.2) is 24.2 Å². The van der Waals surface area contributed by atoms with E-state index in [1.165, 1.54) is 88.6 Å². The lowest BCUT2D eigenvalue weighted by atomic mass is 10.1. The minimum Gasteiger partial charge on any atom is -0.372 e. The van der Waals surface area contributed by atoms with E-state index in [0.29, 0.717) is 6.10 Å². The molecule has 0 spiro atoms. The van der Waals surface area contributed by atoms with Gasteiger partial charge in [0.2, 0.25) is 0 Å². The minimum absolute atomic E-state index is 0.613. The zero-order chi connectivity index (χ0) is 13.6. The summed E-state index contributed by atoms with van der Waals surface area (Å²) in [5.41, 5.74) is 0. The largest absolute Gasteiger partial charge is 0.372 e. The van der Waals surface area contributed by atoms with Crippen LogP contribution in [0.1, 0.15) is 84.0 Å². The van der Waals surface area contributed by atoms with Gasteiger partial charge >= 0.3 is 0 Å². The van der Waals surface area contributed by atoms with E-state index in [-0.39, 0.29) is 0 Å². The first kappa shape index (κ1) is 17.4. The third kappa shape index (κ3) is 13.1. The molecule has 1 rings (SSSR count). The van der Waals surface area contributed by atoms with Crippen LogP contribution in [0, 0.1) is 0 Å². The number of thioether (sulfide) groups is 1. The Hall–Kier alpha value is 0.310. The summed E-state index contributed by atoms with van der Waals surface area (Å²) in [6.07, 6.45) is 18.0. The SMILES string of the molecule is CCCCCCCCCCCCCCSCC1CO1. The zero-order valence-corrected chi connectivity index (χ0v) is 13.8. The van der Waals surface area contributed by atoms with E-state index in [1.807, 2.05) is 0 Å². The van der Waals surface area contributed by atoms with Crippen molar-refractivity contribution in [2.24, 2.45) is 0 Å². The second-order valence-corrected chi connectivity index (χ2v) is 7.07. The van der Waals surface area contributed by atoms with Crippen LogP contribution in [0.2, 0.25) is 0 Å². The highest BCUT2D eigenvalue weighted by atomic mass is 32.2. The van der Waals surface area contributed by atoms with Gasteiger partial charge in [-0.3, -0.25) is 0 Å². The molecule has 0 N–H and O–H groups in total. The Kier molecular flexibility index (Phi) is 12.2. The van der Waals surface area contributed by atoms with Crippen LogP contribution < -0.4 is 0 Å². The van der Waals surface area contributed by atoms with Gasteiger partial charge in [-0.15, -0.1) is 0 Å². The van der Waals surface area contributed by atoms with Crippen LogP contribution in [-0.2, 0) is 4.74 Å². The van der Waals surface area contributed by atoms with E-state index >= 15 is 0 Å². The van der Waals surface area contributed by atoms with Gasteiger partial charge in [-0.2, -0.15) is 11.8 Å². The van der Waals surface area contributed by atoms with Crippen molar-refractivity contribution in [1.82, 2.24) is 0 Å². The summed E-state index contributed by atoms with van der Waals surface area (Å²) in [5, 5.41) is 0. The molecule has 114 valence electrons. The lowest BCUT2D eigenvalue weighted by Gasteiger charge is -2.03. The fourth-order valence-corrected chi connectivity index (χ4v) is 3.45. The second kappa shape index (κ2) is 13.3. The number of hydrogen-bond donors (Lipinski definition) is 0. The van der Waals surface area contributed by atoms with Crippen LogP contribution in [0.15, 0.2) is 0 Å².